The van der Waals surface area contributed by atoms with Crippen LogP contribution in [0.1, 0.15) is 10.4 Å². The average molecular weight is 275 g/mol. The minimum absolute atomic E-state index is 0.362. The van der Waals surface area contributed by atoms with E-state index in [1.807, 2.05) is 36.4 Å². The first-order valence-corrected chi connectivity index (χ1v) is 6.87. The summed E-state index contributed by atoms with van der Waals surface area (Å²) in [4.78, 5) is 0.985. The van der Waals surface area contributed by atoms with Gasteiger partial charge in [0.1, 0.15) is 5.75 Å². The second-order valence-corrected chi connectivity index (χ2v) is 5.75. The van der Waals surface area contributed by atoms with Crippen molar-refractivity contribution in [2.45, 2.75) is 6.42 Å². The van der Waals surface area contributed by atoms with Crippen LogP contribution in [0.4, 0.5) is 0 Å². The van der Waals surface area contributed by atoms with Crippen LogP contribution in [0.2, 0.25) is 5.02 Å². The maximum absolute atomic E-state index is 10.2. The standard InChI is InChI=1S/C15H11ClOS/c16-11-6-7-13-12(9-11)15(17)14(18-13)8-10-4-2-1-3-5-10/h1-7,9,17H,8H2. The molecule has 0 aliphatic heterocycles. The molecule has 0 bridgehead atoms. The van der Waals surface area contributed by atoms with Gasteiger partial charge >= 0.3 is 0 Å². The SMILES string of the molecule is Oc1c(Cc2ccccc2)sc2ccc(Cl)cc12. The molecule has 0 atom stereocenters. The molecule has 0 amide bonds. The maximum Gasteiger partial charge on any atom is 0.137 e. The summed E-state index contributed by atoms with van der Waals surface area (Å²) in [5.41, 5.74) is 1.20. The lowest BCUT2D eigenvalue weighted by atomic mass is 10.1. The van der Waals surface area contributed by atoms with E-state index in [-0.39, 0.29) is 0 Å². The number of hydrogen-bond acceptors (Lipinski definition) is 2. The van der Waals surface area contributed by atoms with Gasteiger partial charge in [-0.15, -0.1) is 11.3 Å². The topological polar surface area (TPSA) is 20.2 Å². The Morgan fingerprint density at radius 2 is 1.83 bits per heavy atom. The third-order valence-electron chi connectivity index (χ3n) is 2.90. The second kappa shape index (κ2) is 4.63. The Morgan fingerprint density at radius 3 is 2.61 bits per heavy atom. The lowest BCUT2D eigenvalue weighted by Crippen LogP contribution is -1.83. The smallest absolute Gasteiger partial charge is 0.137 e. The largest absolute Gasteiger partial charge is 0.506 e. The van der Waals surface area contributed by atoms with E-state index < -0.39 is 0 Å². The Morgan fingerprint density at radius 1 is 1.06 bits per heavy atom. The van der Waals surface area contributed by atoms with Gasteiger partial charge in [0.25, 0.3) is 0 Å². The van der Waals surface area contributed by atoms with Gasteiger partial charge in [-0.2, -0.15) is 0 Å². The van der Waals surface area contributed by atoms with Crippen LogP contribution < -0.4 is 0 Å². The van der Waals surface area contributed by atoms with Gasteiger partial charge in [0.05, 0.1) is 4.88 Å². The van der Waals surface area contributed by atoms with E-state index in [1.165, 1.54) is 5.56 Å². The zero-order valence-electron chi connectivity index (χ0n) is 9.56. The average Bonchev–Trinajstić information content (AvgIpc) is 2.68. The first kappa shape index (κ1) is 11.6. The van der Waals surface area contributed by atoms with Gasteiger partial charge in [0, 0.05) is 21.5 Å². The van der Waals surface area contributed by atoms with Crippen LogP contribution in [0.15, 0.2) is 48.5 Å². The summed E-state index contributed by atoms with van der Waals surface area (Å²) in [5.74, 6) is 0.362. The molecule has 0 radical (unpaired) electrons. The first-order valence-electron chi connectivity index (χ1n) is 5.68. The van der Waals surface area contributed by atoms with E-state index in [2.05, 4.69) is 12.1 Å². The van der Waals surface area contributed by atoms with E-state index in [1.54, 1.807) is 11.3 Å². The molecule has 1 aromatic heterocycles. The fourth-order valence-electron chi connectivity index (χ4n) is 2.01. The molecule has 0 saturated carbocycles. The molecule has 0 aliphatic carbocycles. The fraction of sp³-hybridized carbons (Fsp3) is 0.0667. The van der Waals surface area contributed by atoms with Crippen molar-refractivity contribution in [2.24, 2.45) is 0 Å². The van der Waals surface area contributed by atoms with Gasteiger partial charge in [-0.05, 0) is 23.8 Å². The first-order chi connectivity index (χ1) is 8.74. The highest BCUT2D eigenvalue weighted by molar-refractivity contribution is 7.19. The molecular formula is C15H11ClOS. The molecule has 2 aromatic carbocycles. The van der Waals surface area contributed by atoms with Gasteiger partial charge in [-0.25, -0.2) is 0 Å². The van der Waals surface area contributed by atoms with Crippen molar-refractivity contribution in [1.29, 1.82) is 0 Å². The number of fused-ring (bicyclic) bond motifs is 1. The van der Waals surface area contributed by atoms with Gasteiger partial charge in [0.2, 0.25) is 0 Å². The molecule has 1 nitrogen and oxygen atoms in total. The van der Waals surface area contributed by atoms with Gasteiger partial charge in [-0.1, -0.05) is 41.9 Å². The highest BCUT2D eigenvalue weighted by Gasteiger charge is 2.11. The van der Waals surface area contributed by atoms with Crippen molar-refractivity contribution in [3.63, 3.8) is 0 Å². The summed E-state index contributed by atoms with van der Waals surface area (Å²) in [6, 6.07) is 15.8. The number of thiophene rings is 1. The molecule has 0 unspecified atom stereocenters. The normalized spacial score (nSPS) is 10.9. The molecule has 3 rings (SSSR count). The van der Waals surface area contributed by atoms with E-state index in [0.29, 0.717) is 10.8 Å². The van der Waals surface area contributed by atoms with Gasteiger partial charge in [-0.3, -0.25) is 0 Å². The van der Waals surface area contributed by atoms with Crippen molar-refractivity contribution < 1.29 is 5.11 Å². The molecular weight excluding hydrogens is 264 g/mol. The Balaban J connectivity index is 2.05. The Labute approximate surface area is 114 Å². The van der Waals surface area contributed by atoms with Crippen molar-refractivity contribution >= 4 is 33.0 Å². The van der Waals surface area contributed by atoms with Gasteiger partial charge in [0.15, 0.2) is 0 Å². The zero-order valence-corrected chi connectivity index (χ0v) is 11.1. The molecule has 0 saturated heterocycles. The summed E-state index contributed by atoms with van der Waals surface area (Å²) >= 11 is 7.57. The Bertz CT molecular complexity index is 688. The van der Waals surface area contributed by atoms with Crippen LogP contribution in [0.5, 0.6) is 5.75 Å². The molecule has 3 heteroatoms. The number of halogens is 1. The minimum atomic E-state index is 0.362. The molecule has 1 heterocycles. The summed E-state index contributed by atoms with van der Waals surface area (Å²) in [6.07, 6.45) is 0.754. The zero-order chi connectivity index (χ0) is 12.5. The highest BCUT2D eigenvalue weighted by Crippen LogP contribution is 2.39. The van der Waals surface area contributed by atoms with Crippen molar-refractivity contribution in [3.8, 4) is 5.75 Å². The summed E-state index contributed by atoms with van der Waals surface area (Å²) < 4.78 is 1.07. The van der Waals surface area contributed by atoms with Crippen LogP contribution in [0.3, 0.4) is 0 Å². The molecule has 90 valence electrons. The van der Waals surface area contributed by atoms with Crippen LogP contribution in [0, 0.1) is 0 Å². The predicted octanol–water partition coefficient (Wildman–Crippen LogP) is 4.85. The summed E-state index contributed by atoms with van der Waals surface area (Å²) in [7, 11) is 0. The maximum atomic E-state index is 10.2. The molecule has 18 heavy (non-hydrogen) atoms. The molecule has 1 N–H and O–H groups in total. The van der Waals surface area contributed by atoms with Crippen LogP contribution >= 0.6 is 22.9 Å². The van der Waals surface area contributed by atoms with Crippen LogP contribution in [-0.2, 0) is 6.42 Å². The Hall–Kier alpha value is -1.51. The summed E-state index contributed by atoms with van der Waals surface area (Å²) in [6.45, 7) is 0. The number of hydrogen-bond donors (Lipinski definition) is 1. The van der Waals surface area contributed by atoms with Crippen LogP contribution in [0.25, 0.3) is 10.1 Å². The predicted molar refractivity (Wildman–Crippen MR) is 77.7 cm³/mol. The number of benzene rings is 2. The number of rotatable bonds is 2. The fourth-order valence-corrected chi connectivity index (χ4v) is 3.29. The highest BCUT2D eigenvalue weighted by atomic mass is 35.5. The monoisotopic (exact) mass is 274 g/mol. The molecule has 0 aliphatic rings. The Kier molecular flexibility index (Phi) is 2.98. The minimum Gasteiger partial charge on any atom is -0.506 e. The van der Waals surface area contributed by atoms with Crippen molar-refractivity contribution in [3.05, 3.63) is 64.0 Å². The quantitative estimate of drug-likeness (QED) is 0.708. The molecule has 3 aromatic rings. The lowest BCUT2D eigenvalue weighted by Gasteiger charge is -1.99. The number of aromatic hydroxyl groups is 1. The van der Waals surface area contributed by atoms with Crippen molar-refractivity contribution in [1.82, 2.24) is 0 Å². The van der Waals surface area contributed by atoms with E-state index >= 15 is 0 Å². The summed E-state index contributed by atoms with van der Waals surface area (Å²) in [5, 5.41) is 11.7. The van der Waals surface area contributed by atoms with Gasteiger partial charge < -0.3 is 5.11 Å². The van der Waals surface area contributed by atoms with E-state index in [4.69, 9.17) is 11.6 Å². The second-order valence-electron chi connectivity index (χ2n) is 4.18. The lowest BCUT2D eigenvalue weighted by molar-refractivity contribution is 0.479. The third kappa shape index (κ3) is 2.09. The van der Waals surface area contributed by atoms with E-state index in [9.17, 15) is 5.11 Å². The van der Waals surface area contributed by atoms with Crippen molar-refractivity contribution in [2.75, 3.05) is 0 Å². The third-order valence-corrected chi connectivity index (χ3v) is 4.30. The molecule has 0 fully saturated rings. The van der Waals surface area contributed by atoms with Crippen LogP contribution in [-0.4, -0.2) is 5.11 Å². The molecule has 0 spiro atoms. The van der Waals surface area contributed by atoms with E-state index in [0.717, 1.165) is 21.4 Å².